The van der Waals surface area contributed by atoms with E-state index >= 15 is 0 Å². The van der Waals surface area contributed by atoms with Gasteiger partial charge in [0.15, 0.2) is 0 Å². The van der Waals surface area contributed by atoms with Gasteiger partial charge in [0.2, 0.25) is 15.9 Å². The van der Waals surface area contributed by atoms with E-state index in [1.807, 2.05) is 0 Å². The van der Waals surface area contributed by atoms with Crippen LogP contribution in [-0.2, 0) is 28.0 Å². The average Bonchev–Trinajstić information content (AvgIpc) is 2.85. The summed E-state index contributed by atoms with van der Waals surface area (Å²) in [5.74, 6) is 0.597. The number of halogens is 1. The fourth-order valence-corrected chi connectivity index (χ4v) is 4.07. The van der Waals surface area contributed by atoms with Crippen LogP contribution < -0.4 is 23.8 Å². The molecule has 0 saturated heterocycles. The maximum Gasteiger partial charge on any atom is 0.241 e. The van der Waals surface area contributed by atoms with E-state index in [2.05, 4.69) is 5.32 Å². The largest absolute Gasteiger partial charge is 0.497 e. The highest BCUT2D eigenvalue weighted by Gasteiger charge is 2.24. The van der Waals surface area contributed by atoms with Crippen LogP contribution in [0.15, 0.2) is 66.7 Å². The summed E-state index contributed by atoms with van der Waals surface area (Å²) in [6.07, 6.45) is 1.02. The molecule has 186 valence electrons. The van der Waals surface area contributed by atoms with Crippen LogP contribution in [0.4, 0.5) is 10.1 Å². The summed E-state index contributed by atoms with van der Waals surface area (Å²) in [5, 5.41) is 2.73. The Morgan fingerprint density at radius 1 is 0.914 bits per heavy atom. The van der Waals surface area contributed by atoms with Gasteiger partial charge in [0.05, 0.1) is 26.2 Å². The van der Waals surface area contributed by atoms with Gasteiger partial charge in [-0.05, 0) is 47.5 Å². The average molecular weight is 503 g/mol. The highest BCUT2D eigenvalue weighted by atomic mass is 32.2. The summed E-state index contributed by atoms with van der Waals surface area (Å²) in [6.45, 7) is 0.0846. The third-order valence-corrected chi connectivity index (χ3v) is 6.20. The summed E-state index contributed by atoms with van der Waals surface area (Å²) in [4.78, 5) is 12.6. The molecule has 0 radical (unpaired) electrons. The van der Waals surface area contributed by atoms with E-state index in [-0.39, 0.29) is 23.8 Å². The van der Waals surface area contributed by atoms with Gasteiger partial charge in [-0.1, -0.05) is 24.3 Å². The van der Waals surface area contributed by atoms with Crippen molar-refractivity contribution in [1.82, 2.24) is 5.32 Å². The van der Waals surface area contributed by atoms with E-state index in [0.717, 1.165) is 21.7 Å². The number of carbonyl (C=O) groups excluding carboxylic acids is 1. The number of rotatable bonds is 11. The van der Waals surface area contributed by atoms with Crippen molar-refractivity contribution in [2.45, 2.75) is 13.2 Å². The predicted molar refractivity (Wildman–Crippen MR) is 131 cm³/mol. The lowest BCUT2D eigenvalue weighted by molar-refractivity contribution is -0.119. The molecule has 3 aromatic rings. The van der Waals surface area contributed by atoms with Crippen LogP contribution in [0.25, 0.3) is 0 Å². The Bertz CT molecular complexity index is 1250. The van der Waals surface area contributed by atoms with Gasteiger partial charge in [0.25, 0.3) is 0 Å². The summed E-state index contributed by atoms with van der Waals surface area (Å²) in [6, 6.07) is 17.8. The second-order valence-corrected chi connectivity index (χ2v) is 9.55. The number of hydrogen-bond donors (Lipinski definition) is 1. The number of benzene rings is 3. The third-order valence-electron chi connectivity index (χ3n) is 5.07. The SMILES string of the molecule is COc1ccc(N(CC(=O)NCc2ccc(OCc3ccc(F)cc3)cc2)S(C)(=O)=O)c(OC)c1. The molecule has 0 heterocycles. The van der Waals surface area contributed by atoms with Crippen molar-refractivity contribution in [2.75, 3.05) is 31.3 Å². The minimum absolute atomic E-state index is 0.203. The molecule has 0 aliphatic carbocycles. The Morgan fingerprint density at radius 3 is 2.14 bits per heavy atom. The molecule has 3 aromatic carbocycles. The van der Waals surface area contributed by atoms with Crippen molar-refractivity contribution in [2.24, 2.45) is 0 Å². The molecule has 10 heteroatoms. The number of hydrogen-bond acceptors (Lipinski definition) is 6. The summed E-state index contributed by atoms with van der Waals surface area (Å²) in [7, 11) is -0.876. The number of carbonyl (C=O) groups is 1. The number of ether oxygens (including phenoxy) is 3. The number of nitrogens with zero attached hydrogens (tertiary/aromatic N) is 1. The van der Waals surface area contributed by atoms with Crippen molar-refractivity contribution < 1.29 is 31.8 Å². The molecule has 0 aliphatic heterocycles. The van der Waals surface area contributed by atoms with Crippen LogP contribution in [0.5, 0.6) is 17.2 Å². The third kappa shape index (κ3) is 7.35. The molecule has 0 fully saturated rings. The summed E-state index contributed by atoms with van der Waals surface area (Å²) >= 11 is 0. The van der Waals surface area contributed by atoms with Gasteiger partial charge in [-0.25, -0.2) is 12.8 Å². The van der Waals surface area contributed by atoms with Gasteiger partial charge in [0.1, 0.15) is 36.2 Å². The van der Waals surface area contributed by atoms with Gasteiger partial charge < -0.3 is 19.5 Å². The molecule has 0 bridgehead atoms. The molecule has 0 unspecified atom stereocenters. The molecule has 0 aromatic heterocycles. The minimum atomic E-state index is -3.77. The van der Waals surface area contributed by atoms with E-state index in [1.54, 1.807) is 48.5 Å². The second-order valence-electron chi connectivity index (χ2n) is 7.64. The lowest BCUT2D eigenvalue weighted by Crippen LogP contribution is -2.40. The Morgan fingerprint density at radius 2 is 1.54 bits per heavy atom. The molecule has 1 amide bonds. The number of sulfonamides is 1. The monoisotopic (exact) mass is 502 g/mol. The zero-order valence-electron chi connectivity index (χ0n) is 19.7. The van der Waals surface area contributed by atoms with E-state index in [1.165, 1.54) is 32.4 Å². The van der Waals surface area contributed by atoms with Gasteiger partial charge in [-0.2, -0.15) is 0 Å². The molecule has 0 atom stereocenters. The maximum absolute atomic E-state index is 13.0. The fraction of sp³-hybridized carbons (Fsp3) is 0.240. The first-order chi connectivity index (χ1) is 16.7. The summed E-state index contributed by atoms with van der Waals surface area (Å²) in [5.41, 5.74) is 1.88. The molecule has 0 saturated carbocycles. The maximum atomic E-state index is 13.0. The highest BCUT2D eigenvalue weighted by molar-refractivity contribution is 7.92. The van der Waals surface area contributed by atoms with Crippen LogP contribution in [0, 0.1) is 5.82 Å². The van der Waals surface area contributed by atoms with Crippen LogP contribution in [0.2, 0.25) is 0 Å². The smallest absolute Gasteiger partial charge is 0.241 e. The molecule has 0 aliphatic rings. The van der Waals surface area contributed by atoms with Crippen molar-refractivity contribution in [3.63, 3.8) is 0 Å². The highest BCUT2D eigenvalue weighted by Crippen LogP contribution is 2.33. The van der Waals surface area contributed by atoms with Crippen LogP contribution in [-0.4, -0.2) is 41.3 Å². The lowest BCUT2D eigenvalue weighted by atomic mass is 10.2. The first kappa shape index (κ1) is 25.8. The lowest BCUT2D eigenvalue weighted by Gasteiger charge is -2.24. The standard InChI is InChI=1S/C25H27FN2O6S/c1-32-22-12-13-23(24(14-22)33-2)28(35(3,30)31)16-25(29)27-15-18-6-10-21(11-7-18)34-17-19-4-8-20(26)9-5-19/h4-14H,15-17H2,1-3H3,(H,27,29). The van der Waals surface area contributed by atoms with Gasteiger partial charge in [-0.3, -0.25) is 9.10 Å². The van der Waals surface area contributed by atoms with Crippen molar-refractivity contribution in [3.05, 3.63) is 83.7 Å². The minimum Gasteiger partial charge on any atom is -0.497 e. The number of nitrogens with one attached hydrogen (secondary N) is 1. The Hall–Kier alpha value is -3.79. The summed E-state index contributed by atoms with van der Waals surface area (Å²) < 4.78 is 54.9. The van der Waals surface area contributed by atoms with Crippen LogP contribution in [0.3, 0.4) is 0 Å². The first-order valence-corrected chi connectivity index (χ1v) is 12.5. The molecule has 0 spiro atoms. The molecule has 8 nitrogen and oxygen atoms in total. The molecular weight excluding hydrogens is 475 g/mol. The first-order valence-electron chi connectivity index (χ1n) is 10.6. The van der Waals surface area contributed by atoms with Crippen LogP contribution in [0.1, 0.15) is 11.1 Å². The Balaban J connectivity index is 1.59. The number of amides is 1. The quantitative estimate of drug-likeness (QED) is 0.431. The zero-order chi connectivity index (χ0) is 25.4. The molecule has 3 rings (SSSR count). The molecule has 35 heavy (non-hydrogen) atoms. The van der Waals surface area contributed by atoms with Gasteiger partial charge in [-0.15, -0.1) is 0 Å². The fourth-order valence-electron chi connectivity index (χ4n) is 3.21. The zero-order valence-corrected chi connectivity index (χ0v) is 20.5. The Kier molecular flexibility index (Phi) is 8.53. The van der Waals surface area contributed by atoms with Crippen molar-refractivity contribution >= 4 is 21.6 Å². The predicted octanol–water partition coefficient (Wildman–Crippen LogP) is 3.50. The van der Waals surface area contributed by atoms with Crippen molar-refractivity contribution in [1.29, 1.82) is 0 Å². The van der Waals surface area contributed by atoms with Gasteiger partial charge in [0, 0.05) is 12.6 Å². The molecule has 1 N–H and O–H groups in total. The van der Waals surface area contributed by atoms with Gasteiger partial charge >= 0.3 is 0 Å². The van der Waals surface area contributed by atoms with Crippen molar-refractivity contribution in [3.8, 4) is 17.2 Å². The second kappa shape index (κ2) is 11.6. The number of methoxy groups -OCH3 is 2. The molecular formula is C25H27FN2O6S. The normalized spacial score (nSPS) is 11.0. The van der Waals surface area contributed by atoms with Crippen LogP contribution >= 0.6 is 0 Å². The van der Waals surface area contributed by atoms with E-state index < -0.39 is 22.5 Å². The van der Waals surface area contributed by atoms with E-state index in [4.69, 9.17) is 14.2 Å². The Labute approximate surface area is 204 Å². The van der Waals surface area contributed by atoms with E-state index in [9.17, 15) is 17.6 Å². The topological polar surface area (TPSA) is 94.2 Å². The van der Waals surface area contributed by atoms with E-state index in [0.29, 0.717) is 18.1 Å². The number of anilines is 1.